The van der Waals surface area contributed by atoms with E-state index in [0.29, 0.717) is 0 Å². The molecule has 0 aromatic carbocycles. The molecular formula is C26H51N7O13. The van der Waals surface area contributed by atoms with Gasteiger partial charge in [-0.3, -0.25) is 4.79 Å². The second-order valence-electron chi connectivity index (χ2n) is 12.2. The first-order chi connectivity index (χ1) is 21.8. The zero-order chi connectivity index (χ0) is 33.9. The van der Waals surface area contributed by atoms with Gasteiger partial charge in [0, 0.05) is 38.5 Å². The quantitative estimate of drug-likeness (QED) is 0.0917. The molecule has 46 heavy (non-hydrogen) atoms. The number of hydrogen-bond donors (Lipinski definition) is 13. The van der Waals surface area contributed by atoms with E-state index in [2.05, 4.69) is 5.32 Å². The number of aliphatic hydroxyl groups is 6. The van der Waals surface area contributed by atoms with Crippen LogP contribution in [0.15, 0.2) is 0 Å². The maximum atomic E-state index is 12.4. The molecule has 0 aromatic heterocycles. The van der Waals surface area contributed by atoms with E-state index in [1.165, 1.54) is 0 Å². The molecule has 4 rings (SSSR count). The lowest BCUT2D eigenvalue weighted by Crippen LogP contribution is -2.67. The van der Waals surface area contributed by atoms with Crippen LogP contribution in [0.25, 0.3) is 0 Å². The summed E-state index contributed by atoms with van der Waals surface area (Å²) in [5.41, 5.74) is 35.5. The van der Waals surface area contributed by atoms with Crippen molar-refractivity contribution in [2.24, 2.45) is 34.4 Å². The average Bonchev–Trinajstić information content (AvgIpc) is 3.32. The van der Waals surface area contributed by atoms with Crippen LogP contribution in [0.2, 0.25) is 0 Å². The molecule has 3 aliphatic heterocycles. The molecule has 268 valence electrons. The SMILES string of the molecule is NCCC(=O)N[C@@H]1C[C@H](N)[C@@H](O[C@H]2O[C@H](CN)C[C@H](O)[C@H]2N)[C@H](O[C@@H]2O[C@H](CO)[C@@H](O[C@H]3O[C@@H](CN)[C@@H](O)[C@H](O)[C@H]3N)[C@H]2O)[C@H]1O. The smallest absolute Gasteiger partial charge is 0.221 e. The number of ether oxygens (including phenoxy) is 6. The molecule has 0 aromatic rings. The van der Waals surface area contributed by atoms with Crippen LogP contribution >= 0.6 is 0 Å². The Balaban J connectivity index is 1.55. The largest absolute Gasteiger partial charge is 0.394 e. The van der Waals surface area contributed by atoms with E-state index in [1.54, 1.807) is 0 Å². The van der Waals surface area contributed by atoms with Gasteiger partial charge < -0.3 is 98.8 Å². The molecule has 3 saturated heterocycles. The van der Waals surface area contributed by atoms with Crippen LogP contribution in [0.3, 0.4) is 0 Å². The molecule has 0 spiro atoms. The zero-order valence-electron chi connectivity index (χ0n) is 25.3. The highest BCUT2D eigenvalue weighted by molar-refractivity contribution is 5.76. The van der Waals surface area contributed by atoms with Gasteiger partial charge in [0.05, 0.1) is 36.9 Å². The third-order valence-corrected chi connectivity index (χ3v) is 8.92. The fourth-order valence-electron chi connectivity index (χ4n) is 6.21. The Kier molecular flexibility index (Phi) is 13.4. The van der Waals surface area contributed by atoms with Gasteiger partial charge in [-0.15, -0.1) is 0 Å². The summed E-state index contributed by atoms with van der Waals surface area (Å²) in [5, 5.41) is 66.5. The third-order valence-electron chi connectivity index (χ3n) is 8.92. The maximum absolute atomic E-state index is 12.4. The number of aliphatic hydroxyl groups excluding tert-OH is 6. The zero-order valence-corrected chi connectivity index (χ0v) is 25.3. The molecule has 19 N–H and O–H groups in total. The van der Waals surface area contributed by atoms with E-state index in [4.69, 9.17) is 62.8 Å². The first-order valence-electron chi connectivity index (χ1n) is 15.4. The number of nitrogens with one attached hydrogen (secondary N) is 1. The number of carbonyl (C=O) groups excluding carboxylic acids is 1. The Morgan fingerprint density at radius 3 is 1.98 bits per heavy atom. The van der Waals surface area contributed by atoms with Gasteiger partial charge in [-0.1, -0.05) is 0 Å². The summed E-state index contributed by atoms with van der Waals surface area (Å²) in [6, 6.07) is -4.11. The van der Waals surface area contributed by atoms with Crippen molar-refractivity contribution in [3.8, 4) is 0 Å². The van der Waals surface area contributed by atoms with E-state index in [9.17, 15) is 35.4 Å². The Hall–Kier alpha value is -1.25. The van der Waals surface area contributed by atoms with Crippen molar-refractivity contribution in [2.45, 2.75) is 129 Å². The van der Waals surface area contributed by atoms with Crippen molar-refractivity contribution in [1.29, 1.82) is 0 Å². The number of hydrogen-bond acceptors (Lipinski definition) is 19. The van der Waals surface area contributed by atoms with Gasteiger partial charge in [-0.25, -0.2) is 0 Å². The molecule has 1 amide bonds. The first kappa shape index (κ1) is 37.6. The topological polar surface area (TPSA) is 362 Å². The molecule has 20 nitrogen and oxygen atoms in total. The van der Waals surface area contributed by atoms with Crippen LogP contribution in [-0.2, 0) is 33.2 Å². The molecule has 20 heteroatoms. The molecule has 4 aliphatic rings. The number of rotatable bonds is 12. The first-order valence-corrected chi connectivity index (χ1v) is 15.4. The number of carbonyl (C=O) groups is 1. The van der Waals surface area contributed by atoms with Crippen molar-refractivity contribution in [3.63, 3.8) is 0 Å². The van der Waals surface area contributed by atoms with Gasteiger partial charge >= 0.3 is 0 Å². The van der Waals surface area contributed by atoms with Crippen LogP contribution in [0.4, 0.5) is 0 Å². The highest BCUT2D eigenvalue weighted by Gasteiger charge is 2.54. The predicted octanol–water partition coefficient (Wildman–Crippen LogP) is -8.36. The fourth-order valence-corrected chi connectivity index (χ4v) is 6.21. The Labute approximate surface area is 265 Å². The Morgan fingerprint density at radius 1 is 0.717 bits per heavy atom. The van der Waals surface area contributed by atoms with Gasteiger partial charge in [0.2, 0.25) is 5.91 Å². The minimum atomic E-state index is -1.64. The highest BCUT2D eigenvalue weighted by Crippen LogP contribution is 2.34. The van der Waals surface area contributed by atoms with E-state index < -0.39 is 123 Å². The van der Waals surface area contributed by atoms with Crippen LogP contribution in [0.5, 0.6) is 0 Å². The molecule has 1 aliphatic carbocycles. The second-order valence-corrected chi connectivity index (χ2v) is 12.2. The van der Waals surface area contributed by atoms with E-state index in [1.807, 2.05) is 0 Å². The molecule has 4 fully saturated rings. The minimum absolute atomic E-state index is 0.0171. The lowest BCUT2D eigenvalue weighted by atomic mass is 9.83. The van der Waals surface area contributed by atoms with Crippen LogP contribution in [-0.4, -0.2) is 173 Å². The van der Waals surface area contributed by atoms with Crippen LogP contribution in [0, 0.1) is 0 Å². The fraction of sp³-hybridized carbons (Fsp3) is 0.962. The standard InChI is InChI=1S/C26H51N7O13/c27-2-1-14(36)33-10-4-9(30)21(44-24-15(31)11(35)3-8(5-28)41-24)23(17(10)37)46-26-20(40)22(13(7-34)43-26)45-25-16(32)19(39)18(38)12(6-29)42-25/h8-13,15-26,34-35,37-40H,1-7,27-32H2,(H,33,36)/t8-,9-,10+,11-,12-,13+,15+,16+,17-,18+,19+,20+,21+,22+,23+,24+,25+,26-/m0/s1. The average molecular weight is 670 g/mol. The summed E-state index contributed by atoms with van der Waals surface area (Å²) in [7, 11) is 0. The summed E-state index contributed by atoms with van der Waals surface area (Å²) < 4.78 is 35.3. The molecule has 1 saturated carbocycles. The van der Waals surface area contributed by atoms with Crippen LogP contribution in [0.1, 0.15) is 19.3 Å². The second kappa shape index (κ2) is 16.4. The Morgan fingerprint density at radius 2 is 1.35 bits per heavy atom. The summed E-state index contributed by atoms with van der Waals surface area (Å²) >= 11 is 0. The van der Waals surface area contributed by atoms with Gasteiger partial charge in [0.1, 0.15) is 54.9 Å². The van der Waals surface area contributed by atoms with Crippen molar-refractivity contribution < 1.29 is 63.9 Å². The molecule has 3 heterocycles. The minimum Gasteiger partial charge on any atom is -0.394 e. The van der Waals surface area contributed by atoms with Crippen molar-refractivity contribution in [2.75, 3.05) is 26.2 Å². The molecule has 0 bridgehead atoms. The summed E-state index contributed by atoms with van der Waals surface area (Å²) in [6.45, 7) is -0.704. The van der Waals surface area contributed by atoms with Gasteiger partial charge in [0.25, 0.3) is 0 Å². The number of nitrogens with two attached hydrogens (primary N) is 6. The lowest BCUT2D eigenvalue weighted by Gasteiger charge is -2.47. The normalized spacial score (nSPS) is 48.3. The van der Waals surface area contributed by atoms with Gasteiger partial charge in [-0.05, 0) is 6.42 Å². The van der Waals surface area contributed by atoms with Crippen LogP contribution < -0.4 is 39.7 Å². The predicted molar refractivity (Wildman–Crippen MR) is 155 cm³/mol. The van der Waals surface area contributed by atoms with E-state index >= 15 is 0 Å². The van der Waals surface area contributed by atoms with Crippen molar-refractivity contribution in [1.82, 2.24) is 5.32 Å². The van der Waals surface area contributed by atoms with Crippen molar-refractivity contribution >= 4 is 5.91 Å². The molecule has 0 unspecified atom stereocenters. The summed E-state index contributed by atoms with van der Waals surface area (Å²) in [4.78, 5) is 12.4. The molecule has 18 atom stereocenters. The Bertz CT molecular complexity index is 977. The van der Waals surface area contributed by atoms with Gasteiger partial charge in [0.15, 0.2) is 18.9 Å². The monoisotopic (exact) mass is 669 g/mol. The van der Waals surface area contributed by atoms with E-state index in [-0.39, 0.29) is 38.9 Å². The van der Waals surface area contributed by atoms with Crippen molar-refractivity contribution in [3.05, 3.63) is 0 Å². The number of amides is 1. The van der Waals surface area contributed by atoms with E-state index in [0.717, 1.165) is 0 Å². The third kappa shape index (κ3) is 8.13. The molecular weight excluding hydrogens is 618 g/mol. The highest BCUT2D eigenvalue weighted by atomic mass is 16.8. The summed E-state index contributed by atoms with van der Waals surface area (Å²) in [5.74, 6) is -0.443. The lowest BCUT2D eigenvalue weighted by molar-refractivity contribution is -0.295. The molecule has 0 radical (unpaired) electrons. The maximum Gasteiger partial charge on any atom is 0.221 e. The van der Waals surface area contributed by atoms with Gasteiger partial charge in [-0.2, -0.15) is 0 Å². The summed E-state index contributed by atoms with van der Waals surface area (Å²) in [6.07, 6.45) is -17.7.